The van der Waals surface area contributed by atoms with Crippen LogP contribution in [0.1, 0.15) is 36.9 Å². The summed E-state index contributed by atoms with van der Waals surface area (Å²) in [4.78, 5) is 18.7. The van der Waals surface area contributed by atoms with Crippen LogP contribution in [0.25, 0.3) is 6.08 Å². The molecule has 0 atom stereocenters. The van der Waals surface area contributed by atoms with E-state index in [1.165, 1.54) is 0 Å². The Morgan fingerprint density at radius 2 is 1.84 bits per heavy atom. The molecule has 130 valence electrons. The number of rotatable bonds is 6. The zero-order valence-electron chi connectivity index (χ0n) is 14.3. The highest BCUT2D eigenvalue weighted by molar-refractivity contribution is 5.91. The molecule has 0 saturated heterocycles. The molecule has 4 heteroatoms. The molecule has 0 spiro atoms. The fourth-order valence-corrected chi connectivity index (χ4v) is 3.30. The first-order valence-corrected chi connectivity index (χ1v) is 8.79. The Hall–Kier alpha value is -2.46. The summed E-state index contributed by atoms with van der Waals surface area (Å²) in [5.74, 6) is -0.102. The second kappa shape index (κ2) is 8.08. The molecule has 1 aliphatic rings. The van der Waals surface area contributed by atoms with E-state index < -0.39 is 5.60 Å². The molecule has 0 unspecified atom stereocenters. The molecule has 1 fully saturated rings. The zero-order chi connectivity index (χ0) is 17.5. The van der Waals surface area contributed by atoms with Gasteiger partial charge in [0, 0.05) is 18.8 Å². The standard InChI is InChI=1S/C21H24N2O2/c24-20(12-11-19-10-4-7-15-22-19)23(16-18-8-2-1-3-9-18)17-21(25)13-5-6-14-21/h1-4,7-12,15,25H,5-6,13-14,16-17H2/b12-11+. The van der Waals surface area contributed by atoms with Gasteiger partial charge in [-0.2, -0.15) is 0 Å². The van der Waals surface area contributed by atoms with Gasteiger partial charge in [-0.1, -0.05) is 49.2 Å². The van der Waals surface area contributed by atoms with Crippen molar-refractivity contribution in [3.8, 4) is 0 Å². The predicted molar refractivity (Wildman–Crippen MR) is 98.5 cm³/mol. The maximum Gasteiger partial charge on any atom is 0.247 e. The minimum Gasteiger partial charge on any atom is -0.388 e. The SMILES string of the molecule is O=C(/C=C/c1ccccn1)N(Cc1ccccc1)CC1(O)CCCC1. The van der Waals surface area contributed by atoms with Crippen LogP contribution in [-0.2, 0) is 11.3 Å². The minimum atomic E-state index is -0.761. The normalized spacial score (nSPS) is 16.2. The number of nitrogens with zero attached hydrogens (tertiary/aromatic N) is 2. The van der Waals surface area contributed by atoms with E-state index in [1.807, 2.05) is 48.5 Å². The molecule has 0 aliphatic heterocycles. The summed E-state index contributed by atoms with van der Waals surface area (Å²) in [6, 6.07) is 15.5. The third-order valence-corrected chi connectivity index (χ3v) is 4.63. The molecule has 25 heavy (non-hydrogen) atoms. The Morgan fingerprint density at radius 3 is 2.52 bits per heavy atom. The van der Waals surface area contributed by atoms with Crippen molar-refractivity contribution in [3.05, 3.63) is 72.1 Å². The second-order valence-corrected chi connectivity index (χ2v) is 6.70. The summed E-state index contributed by atoms with van der Waals surface area (Å²) in [5, 5.41) is 10.7. The van der Waals surface area contributed by atoms with Crippen LogP contribution in [0.15, 0.2) is 60.8 Å². The number of aromatic nitrogens is 1. The number of hydrogen-bond donors (Lipinski definition) is 1. The van der Waals surface area contributed by atoms with Gasteiger partial charge in [0.1, 0.15) is 0 Å². The lowest BCUT2D eigenvalue weighted by Gasteiger charge is -2.31. The molecule has 1 saturated carbocycles. The lowest BCUT2D eigenvalue weighted by atomic mass is 10.0. The van der Waals surface area contributed by atoms with Crippen molar-refractivity contribution in [2.45, 2.75) is 37.8 Å². The Morgan fingerprint density at radius 1 is 1.12 bits per heavy atom. The van der Waals surface area contributed by atoms with Crippen molar-refractivity contribution in [3.63, 3.8) is 0 Å². The van der Waals surface area contributed by atoms with Gasteiger partial charge in [-0.05, 0) is 36.6 Å². The quantitative estimate of drug-likeness (QED) is 0.822. The van der Waals surface area contributed by atoms with Crippen LogP contribution >= 0.6 is 0 Å². The molecule has 3 rings (SSSR count). The number of pyridine rings is 1. The molecule has 1 aromatic carbocycles. The first kappa shape index (κ1) is 17.4. The van der Waals surface area contributed by atoms with Crippen molar-refractivity contribution in [1.29, 1.82) is 0 Å². The van der Waals surface area contributed by atoms with E-state index in [1.54, 1.807) is 23.2 Å². The van der Waals surface area contributed by atoms with Crippen LogP contribution in [0, 0.1) is 0 Å². The van der Waals surface area contributed by atoms with Crippen LogP contribution in [-0.4, -0.2) is 33.0 Å². The van der Waals surface area contributed by atoms with Crippen LogP contribution in [0.5, 0.6) is 0 Å². The highest BCUT2D eigenvalue weighted by atomic mass is 16.3. The average Bonchev–Trinajstić information content (AvgIpc) is 3.07. The third kappa shape index (κ3) is 5.00. The lowest BCUT2D eigenvalue weighted by Crippen LogP contribution is -2.43. The minimum absolute atomic E-state index is 0.102. The van der Waals surface area contributed by atoms with Crippen molar-refractivity contribution < 1.29 is 9.90 Å². The topological polar surface area (TPSA) is 53.4 Å². The second-order valence-electron chi connectivity index (χ2n) is 6.70. The van der Waals surface area contributed by atoms with Gasteiger partial charge in [0.05, 0.1) is 17.8 Å². The average molecular weight is 336 g/mol. The number of amides is 1. The summed E-state index contributed by atoms with van der Waals surface area (Å²) < 4.78 is 0. The summed E-state index contributed by atoms with van der Waals surface area (Å²) in [7, 11) is 0. The number of carbonyl (C=O) groups is 1. The van der Waals surface area contributed by atoms with Gasteiger partial charge in [-0.15, -0.1) is 0 Å². The molecule has 1 N–H and O–H groups in total. The monoisotopic (exact) mass is 336 g/mol. The van der Waals surface area contributed by atoms with Gasteiger partial charge in [0.25, 0.3) is 0 Å². The van der Waals surface area contributed by atoms with Crippen molar-refractivity contribution in [2.24, 2.45) is 0 Å². The Kier molecular flexibility index (Phi) is 5.61. The van der Waals surface area contributed by atoms with Crippen molar-refractivity contribution >= 4 is 12.0 Å². The van der Waals surface area contributed by atoms with E-state index in [0.717, 1.165) is 36.9 Å². The summed E-state index contributed by atoms with van der Waals surface area (Å²) in [6.07, 6.45) is 8.53. The van der Waals surface area contributed by atoms with Crippen LogP contribution in [0.4, 0.5) is 0 Å². The molecule has 1 amide bonds. The van der Waals surface area contributed by atoms with Crippen LogP contribution in [0.2, 0.25) is 0 Å². The highest BCUT2D eigenvalue weighted by Gasteiger charge is 2.34. The first-order valence-electron chi connectivity index (χ1n) is 8.79. The molecule has 2 aromatic rings. The van der Waals surface area contributed by atoms with Gasteiger partial charge in [0.15, 0.2) is 0 Å². The van der Waals surface area contributed by atoms with Gasteiger partial charge >= 0.3 is 0 Å². The largest absolute Gasteiger partial charge is 0.388 e. The van der Waals surface area contributed by atoms with E-state index in [-0.39, 0.29) is 5.91 Å². The van der Waals surface area contributed by atoms with E-state index in [4.69, 9.17) is 0 Å². The molecular formula is C21H24N2O2. The Labute approximate surface area is 148 Å². The summed E-state index contributed by atoms with van der Waals surface area (Å²) >= 11 is 0. The van der Waals surface area contributed by atoms with Gasteiger partial charge in [0.2, 0.25) is 5.91 Å². The maximum atomic E-state index is 12.8. The molecular weight excluding hydrogens is 312 g/mol. The molecule has 1 heterocycles. The van der Waals surface area contributed by atoms with Crippen molar-refractivity contribution in [2.75, 3.05) is 6.54 Å². The van der Waals surface area contributed by atoms with Gasteiger partial charge in [-0.3, -0.25) is 9.78 Å². The van der Waals surface area contributed by atoms with Gasteiger partial charge in [-0.25, -0.2) is 0 Å². The summed E-state index contributed by atoms with van der Waals surface area (Å²) in [5.41, 5.74) is 1.04. The molecule has 1 aliphatic carbocycles. The van der Waals surface area contributed by atoms with E-state index in [0.29, 0.717) is 13.1 Å². The zero-order valence-corrected chi connectivity index (χ0v) is 14.3. The van der Waals surface area contributed by atoms with Crippen LogP contribution < -0.4 is 0 Å². The Bertz CT molecular complexity index is 707. The molecule has 4 nitrogen and oxygen atoms in total. The molecule has 0 bridgehead atoms. The molecule has 1 aromatic heterocycles. The summed E-state index contributed by atoms with van der Waals surface area (Å²) in [6.45, 7) is 0.863. The fraction of sp³-hybridized carbons (Fsp3) is 0.333. The van der Waals surface area contributed by atoms with Gasteiger partial charge < -0.3 is 10.0 Å². The van der Waals surface area contributed by atoms with E-state index >= 15 is 0 Å². The van der Waals surface area contributed by atoms with E-state index in [2.05, 4.69) is 4.98 Å². The smallest absolute Gasteiger partial charge is 0.247 e. The number of hydrogen-bond acceptors (Lipinski definition) is 3. The van der Waals surface area contributed by atoms with Crippen LogP contribution in [0.3, 0.4) is 0 Å². The number of aliphatic hydroxyl groups is 1. The lowest BCUT2D eigenvalue weighted by molar-refractivity contribution is -0.130. The van der Waals surface area contributed by atoms with E-state index in [9.17, 15) is 9.90 Å². The van der Waals surface area contributed by atoms with Crippen molar-refractivity contribution in [1.82, 2.24) is 9.88 Å². The number of benzene rings is 1. The third-order valence-electron chi connectivity index (χ3n) is 4.63. The highest BCUT2D eigenvalue weighted by Crippen LogP contribution is 2.30. The first-order chi connectivity index (χ1) is 12.1. The predicted octanol–water partition coefficient (Wildman–Crippen LogP) is 3.43. The Balaban J connectivity index is 1.74. The fourth-order valence-electron chi connectivity index (χ4n) is 3.30. The maximum absolute atomic E-state index is 12.8. The molecule has 0 radical (unpaired) electrons. The number of carbonyl (C=O) groups excluding carboxylic acids is 1.